The van der Waals surface area contributed by atoms with Crippen LogP contribution in [0.15, 0.2) is 0 Å². The van der Waals surface area contributed by atoms with Crippen molar-refractivity contribution in [3.05, 3.63) is 0 Å². The van der Waals surface area contributed by atoms with Crippen LogP contribution in [0.1, 0.15) is 13.8 Å². The first-order chi connectivity index (χ1) is 3.68. The molecule has 0 aromatic carbocycles. The molecular weight excluding hydrogens is 140 g/mol. The highest BCUT2D eigenvalue weighted by molar-refractivity contribution is 6.78. The smallest absolute Gasteiger partial charge is 0.202 e. The maximum atomic E-state index is 9.44. The third-order valence-corrected chi connectivity index (χ3v) is 6.19. The van der Waals surface area contributed by atoms with E-state index < -0.39 is 8.32 Å². The fourth-order valence-corrected chi connectivity index (χ4v) is 2.45. The van der Waals surface area contributed by atoms with E-state index in [2.05, 4.69) is 0 Å². The molecule has 0 amide bonds. The second-order valence-electron chi connectivity index (χ2n) is 2.07. The zero-order valence-corrected chi connectivity index (χ0v) is 7.20. The fraction of sp³-hybridized carbons (Fsp3) is 1.00. The third-order valence-electron chi connectivity index (χ3n) is 1.56. The first-order valence-electron chi connectivity index (χ1n) is 2.97. The second kappa shape index (κ2) is 3.48. The summed E-state index contributed by atoms with van der Waals surface area (Å²) in [6.45, 7) is 4.00. The lowest BCUT2D eigenvalue weighted by molar-refractivity contribution is 0.539. The summed E-state index contributed by atoms with van der Waals surface area (Å²) >= 11 is 5.52. The minimum Gasteiger partial charge on any atom is -0.431 e. The Morgan fingerprint density at radius 3 is 1.75 bits per heavy atom. The molecule has 0 aliphatic carbocycles. The Hall–Kier alpha value is 0.467. The molecule has 3 heteroatoms. The second-order valence-corrected chi connectivity index (χ2v) is 7.00. The van der Waals surface area contributed by atoms with Gasteiger partial charge in [0, 0.05) is 5.50 Å². The average molecular weight is 153 g/mol. The maximum Gasteiger partial charge on any atom is 0.202 e. The van der Waals surface area contributed by atoms with Gasteiger partial charge in [-0.15, -0.1) is 11.6 Å². The lowest BCUT2D eigenvalue weighted by atomic mass is 10.9. The predicted octanol–water partition coefficient (Wildman–Crippen LogP) is 1.74. The molecule has 0 saturated heterocycles. The standard InChI is InChI=1S/C5H13ClOSi/c1-3-8(7,4-2)5-6/h7H,3-5H2,1-2H3. The monoisotopic (exact) mass is 152 g/mol. The van der Waals surface area contributed by atoms with Crippen LogP contribution in [0.4, 0.5) is 0 Å². The summed E-state index contributed by atoms with van der Waals surface area (Å²) < 4.78 is 0. The minimum atomic E-state index is -1.91. The molecule has 50 valence electrons. The molecule has 8 heavy (non-hydrogen) atoms. The maximum absolute atomic E-state index is 9.44. The van der Waals surface area contributed by atoms with Crippen molar-refractivity contribution in [1.29, 1.82) is 0 Å². The fourth-order valence-electron chi connectivity index (χ4n) is 0.439. The Kier molecular flexibility index (Phi) is 3.69. The molecule has 1 nitrogen and oxygen atoms in total. The van der Waals surface area contributed by atoms with Gasteiger partial charge >= 0.3 is 0 Å². The van der Waals surface area contributed by atoms with E-state index in [0.29, 0.717) is 5.50 Å². The number of hydrogen-bond acceptors (Lipinski definition) is 1. The summed E-state index contributed by atoms with van der Waals surface area (Å²) in [7, 11) is -1.91. The first kappa shape index (κ1) is 8.47. The van der Waals surface area contributed by atoms with Crippen LogP contribution in [0.25, 0.3) is 0 Å². The van der Waals surface area contributed by atoms with Gasteiger partial charge in [-0.05, 0) is 12.1 Å². The molecule has 0 radical (unpaired) electrons. The Bertz CT molecular complexity index is 55.2. The van der Waals surface area contributed by atoms with Crippen LogP contribution in [0.5, 0.6) is 0 Å². The van der Waals surface area contributed by atoms with Crippen molar-refractivity contribution in [2.75, 3.05) is 5.50 Å². The number of rotatable bonds is 3. The molecule has 0 aromatic rings. The van der Waals surface area contributed by atoms with Gasteiger partial charge in [0.25, 0.3) is 0 Å². The molecule has 0 aliphatic heterocycles. The Morgan fingerprint density at radius 2 is 1.75 bits per heavy atom. The van der Waals surface area contributed by atoms with E-state index in [0.717, 1.165) is 12.1 Å². The molecule has 0 unspecified atom stereocenters. The van der Waals surface area contributed by atoms with Crippen molar-refractivity contribution in [3.8, 4) is 0 Å². The Balaban J connectivity index is 3.58. The van der Waals surface area contributed by atoms with Crippen molar-refractivity contribution in [1.82, 2.24) is 0 Å². The van der Waals surface area contributed by atoms with E-state index in [4.69, 9.17) is 11.6 Å². The van der Waals surface area contributed by atoms with Gasteiger partial charge in [-0.3, -0.25) is 0 Å². The molecule has 0 bridgehead atoms. The van der Waals surface area contributed by atoms with Crippen LogP contribution in [-0.4, -0.2) is 18.6 Å². The van der Waals surface area contributed by atoms with Gasteiger partial charge in [-0.2, -0.15) is 0 Å². The Morgan fingerprint density at radius 1 is 1.38 bits per heavy atom. The van der Waals surface area contributed by atoms with Crippen LogP contribution >= 0.6 is 11.6 Å². The molecule has 0 heterocycles. The molecule has 0 aliphatic rings. The van der Waals surface area contributed by atoms with Gasteiger partial charge in [0.1, 0.15) is 0 Å². The van der Waals surface area contributed by atoms with Crippen LogP contribution in [0.2, 0.25) is 12.1 Å². The van der Waals surface area contributed by atoms with Crippen molar-refractivity contribution in [3.63, 3.8) is 0 Å². The van der Waals surface area contributed by atoms with E-state index in [-0.39, 0.29) is 0 Å². The van der Waals surface area contributed by atoms with Crippen LogP contribution < -0.4 is 0 Å². The molecule has 0 rings (SSSR count). The van der Waals surface area contributed by atoms with Crippen LogP contribution in [0.3, 0.4) is 0 Å². The van der Waals surface area contributed by atoms with E-state index in [9.17, 15) is 4.80 Å². The number of halogens is 1. The third kappa shape index (κ3) is 2.16. The Labute approximate surface area is 56.8 Å². The van der Waals surface area contributed by atoms with Gasteiger partial charge in [0.15, 0.2) is 0 Å². The zero-order chi connectivity index (χ0) is 6.62. The molecular formula is C5H13ClOSi. The summed E-state index contributed by atoms with van der Waals surface area (Å²) in [6, 6.07) is 1.76. The highest BCUT2D eigenvalue weighted by Crippen LogP contribution is 2.11. The van der Waals surface area contributed by atoms with E-state index in [1.807, 2.05) is 13.8 Å². The lowest BCUT2D eigenvalue weighted by Gasteiger charge is -2.16. The summed E-state index contributed by atoms with van der Waals surface area (Å²) in [4.78, 5) is 9.44. The summed E-state index contributed by atoms with van der Waals surface area (Å²) in [5, 5.41) is 0. The highest BCUT2D eigenvalue weighted by atomic mass is 35.5. The van der Waals surface area contributed by atoms with Gasteiger partial charge in [0.2, 0.25) is 8.32 Å². The van der Waals surface area contributed by atoms with E-state index in [1.165, 1.54) is 0 Å². The largest absolute Gasteiger partial charge is 0.431 e. The molecule has 0 spiro atoms. The van der Waals surface area contributed by atoms with Crippen LogP contribution in [0, 0.1) is 0 Å². The lowest BCUT2D eigenvalue weighted by Crippen LogP contribution is -2.34. The van der Waals surface area contributed by atoms with Crippen molar-refractivity contribution < 1.29 is 4.80 Å². The topological polar surface area (TPSA) is 20.2 Å². The molecule has 0 fully saturated rings. The van der Waals surface area contributed by atoms with Gasteiger partial charge in [-0.1, -0.05) is 13.8 Å². The summed E-state index contributed by atoms with van der Waals surface area (Å²) in [5.74, 6) is 0. The first-order valence-corrected chi connectivity index (χ1v) is 6.07. The van der Waals surface area contributed by atoms with Gasteiger partial charge in [-0.25, -0.2) is 0 Å². The van der Waals surface area contributed by atoms with Crippen molar-refractivity contribution in [2.24, 2.45) is 0 Å². The van der Waals surface area contributed by atoms with Crippen molar-refractivity contribution >= 4 is 19.9 Å². The van der Waals surface area contributed by atoms with E-state index >= 15 is 0 Å². The molecule has 0 saturated carbocycles. The average Bonchev–Trinajstić information content (AvgIpc) is 1.87. The summed E-state index contributed by atoms with van der Waals surface area (Å²) in [5.41, 5.74) is 0.486. The molecule has 0 atom stereocenters. The zero-order valence-electron chi connectivity index (χ0n) is 5.45. The quantitative estimate of drug-likeness (QED) is 0.483. The van der Waals surface area contributed by atoms with Crippen LogP contribution in [-0.2, 0) is 0 Å². The molecule has 1 N–H and O–H groups in total. The molecule has 0 aromatic heterocycles. The number of hydrogen-bond donors (Lipinski definition) is 1. The highest BCUT2D eigenvalue weighted by Gasteiger charge is 2.24. The summed E-state index contributed by atoms with van der Waals surface area (Å²) in [6.07, 6.45) is 0. The van der Waals surface area contributed by atoms with Crippen molar-refractivity contribution in [2.45, 2.75) is 25.9 Å². The normalized spacial score (nSPS) is 12.0. The minimum absolute atomic E-state index is 0.486. The van der Waals surface area contributed by atoms with E-state index in [1.54, 1.807) is 0 Å². The van der Waals surface area contributed by atoms with Gasteiger partial charge in [0.05, 0.1) is 0 Å². The van der Waals surface area contributed by atoms with Gasteiger partial charge < -0.3 is 4.80 Å². The SMILES string of the molecule is CC[Si](O)(CC)CCl. The predicted molar refractivity (Wildman–Crippen MR) is 39.7 cm³/mol. The number of alkyl halides is 1.